The van der Waals surface area contributed by atoms with Gasteiger partial charge in [-0.1, -0.05) is 29.8 Å². The van der Waals surface area contributed by atoms with Gasteiger partial charge in [0, 0.05) is 13.1 Å². The predicted octanol–water partition coefficient (Wildman–Crippen LogP) is 2.12. The maximum atomic E-state index is 5.74. The smallest absolute Gasteiger partial charge is 0.0131 e. The second-order valence-corrected chi connectivity index (χ2v) is 4.67. The van der Waals surface area contributed by atoms with Gasteiger partial charge in [-0.25, -0.2) is 5.01 Å². The molecule has 1 aliphatic rings. The monoisotopic (exact) mass is 204 g/mol. The number of hydrazine groups is 1. The number of benzene rings is 1. The van der Waals surface area contributed by atoms with Crippen molar-refractivity contribution in [3.8, 4) is 0 Å². The van der Waals surface area contributed by atoms with Crippen LogP contribution in [-0.4, -0.2) is 18.1 Å². The van der Waals surface area contributed by atoms with Gasteiger partial charge in [0.25, 0.3) is 0 Å². The Bertz CT molecular complexity index is 297. The Balaban J connectivity index is 1.89. The number of aryl methyl sites for hydroxylation is 1. The molecule has 1 aliphatic heterocycles. The van der Waals surface area contributed by atoms with E-state index in [1.807, 2.05) is 5.01 Å². The molecule has 2 rings (SSSR count). The Morgan fingerprint density at radius 2 is 1.80 bits per heavy atom. The Morgan fingerprint density at radius 3 is 2.40 bits per heavy atom. The molecular formula is C13H20N2. The van der Waals surface area contributed by atoms with Gasteiger partial charge in [0.15, 0.2) is 0 Å². The molecule has 1 heterocycles. The molecule has 15 heavy (non-hydrogen) atoms. The molecule has 1 fully saturated rings. The third-order valence-corrected chi connectivity index (χ3v) is 3.29. The molecule has 0 amide bonds. The van der Waals surface area contributed by atoms with Crippen LogP contribution in [0.1, 0.15) is 24.0 Å². The topological polar surface area (TPSA) is 29.3 Å². The summed E-state index contributed by atoms with van der Waals surface area (Å²) in [6.45, 7) is 4.24. The number of rotatable bonds is 2. The number of hydrogen-bond acceptors (Lipinski definition) is 2. The van der Waals surface area contributed by atoms with Crippen LogP contribution in [0, 0.1) is 12.8 Å². The molecule has 0 aliphatic carbocycles. The van der Waals surface area contributed by atoms with Gasteiger partial charge in [-0.15, -0.1) is 0 Å². The quantitative estimate of drug-likeness (QED) is 0.748. The molecule has 1 saturated heterocycles. The number of hydrogen-bond donors (Lipinski definition) is 1. The van der Waals surface area contributed by atoms with Crippen molar-refractivity contribution >= 4 is 0 Å². The van der Waals surface area contributed by atoms with Crippen LogP contribution in [0.25, 0.3) is 0 Å². The summed E-state index contributed by atoms with van der Waals surface area (Å²) < 4.78 is 0. The number of nitrogens with zero attached hydrogens (tertiary/aromatic N) is 1. The number of nitrogens with two attached hydrogens (primary N) is 1. The summed E-state index contributed by atoms with van der Waals surface area (Å²) in [6.07, 6.45) is 3.70. The lowest BCUT2D eigenvalue weighted by molar-refractivity contribution is 0.187. The van der Waals surface area contributed by atoms with Crippen molar-refractivity contribution in [2.75, 3.05) is 13.1 Å². The Hall–Kier alpha value is -0.860. The molecular weight excluding hydrogens is 184 g/mol. The third-order valence-electron chi connectivity index (χ3n) is 3.29. The van der Waals surface area contributed by atoms with E-state index in [4.69, 9.17) is 5.84 Å². The summed E-state index contributed by atoms with van der Waals surface area (Å²) in [6, 6.07) is 8.91. The van der Waals surface area contributed by atoms with E-state index in [1.54, 1.807) is 0 Å². The minimum absolute atomic E-state index is 0.826. The van der Waals surface area contributed by atoms with Crippen LogP contribution in [0.15, 0.2) is 24.3 Å². The van der Waals surface area contributed by atoms with E-state index in [1.165, 1.54) is 30.4 Å². The van der Waals surface area contributed by atoms with E-state index in [0.717, 1.165) is 19.0 Å². The van der Waals surface area contributed by atoms with Crippen LogP contribution >= 0.6 is 0 Å². The van der Waals surface area contributed by atoms with E-state index < -0.39 is 0 Å². The Morgan fingerprint density at radius 1 is 1.20 bits per heavy atom. The summed E-state index contributed by atoms with van der Waals surface area (Å²) >= 11 is 0. The minimum Gasteiger partial charge on any atom is -0.269 e. The fourth-order valence-electron chi connectivity index (χ4n) is 2.21. The first-order valence-electron chi connectivity index (χ1n) is 5.79. The van der Waals surface area contributed by atoms with Crippen molar-refractivity contribution in [3.63, 3.8) is 0 Å². The van der Waals surface area contributed by atoms with Crippen molar-refractivity contribution in [2.24, 2.45) is 11.8 Å². The normalized spacial score (nSPS) is 19.3. The first-order valence-corrected chi connectivity index (χ1v) is 5.79. The summed E-state index contributed by atoms with van der Waals surface area (Å²) in [5, 5.41) is 1.94. The van der Waals surface area contributed by atoms with Crippen LogP contribution in [-0.2, 0) is 6.42 Å². The lowest BCUT2D eigenvalue weighted by Gasteiger charge is -2.28. The van der Waals surface area contributed by atoms with Crippen LogP contribution in [0.5, 0.6) is 0 Å². The molecule has 0 atom stereocenters. The van der Waals surface area contributed by atoms with E-state index in [0.29, 0.717) is 0 Å². The first kappa shape index (κ1) is 10.7. The highest BCUT2D eigenvalue weighted by Gasteiger charge is 2.16. The second-order valence-electron chi connectivity index (χ2n) is 4.67. The molecule has 0 aromatic heterocycles. The summed E-state index contributed by atoms with van der Waals surface area (Å²) in [5.41, 5.74) is 2.81. The van der Waals surface area contributed by atoms with Crippen LogP contribution in [0.2, 0.25) is 0 Å². The van der Waals surface area contributed by atoms with E-state index in [2.05, 4.69) is 31.2 Å². The standard InChI is InChI=1S/C13H20N2/c1-11-2-4-12(5-3-11)10-13-6-8-15(14)9-7-13/h2-5,13H,6-10,14H2,1H3. The molecule has 0 unspecified atom stereocenters. The molecule has 1 aromatic rings. The molecule has 0 spiro atoms. The Kier molecular flexibility index (Phi) is 3.39. The average Bonchev–Trinajstić information content (AvgIpc) is 2.25. The molecule has 0 saturated carbocycles. The zero-order valence-corrected chi connectivity index (χ0v) is 9.45. The van der Waals surface area contributed by atoms with Gasteiger partial charge in [-0.3, -0.25) is 5.84 Å². The molecule has 1 aromatic carbocycles. The van der Waals surface area contributed by atoms with Crippen molar-refractivity contribution in [1.82, 2.24) is 5.01 Å². The molecule has 82 valence electrons. The maximum Gasteiger partial charge on any atom is 0.0131 e. The Labute approximate surface area is 92.1 Å². The van der Waals surface area contributed by atoms with Gasteiger partial charge in [-0.2, -0.15) is 0 Å². The molecule has 0 bridgehead atoms. The molecule has 0 radical (unpaired) electrons. The highest BCUT2D eigenvalue weighted by Crippen LogP contribution is 2.20. The first-order chi connectivity index (χ1) is 7.24. The molecule has 2 heteroatoms. The highest BCUT2D eigenvalue weighted by atomic mass is 15.4. The van der Waals surface area contributed by atoms with Gasteiger partial charge < -0.3 is 0 Å². The van der Waals surface area contributed by atoms with Gasteiger partial charge in [0.05, 0.1) is 0 Å². The van der Waals surface area contributed by atoms with Gasteiger partial charge in [-0.05, 0) is 37.7 Å². The average molecular weight is 204 g/mol. The largest absolute Gasteiger partial charge is 0.269 e. The van der Waals surface area contributed by atoms with Crippen molar-refractivity contribution in [1.29, 1.82) is 0 Å². The van der Waals surface area contributed by atoms with Gasteiger partial charge in [0.2, 0.25) is 0 Å². The van der Waals surface area contributed by atoms with Crippen molar-refractivity contribution in [3.05, 3.63) is 35.4 Å². The molecule has 2 nitrogen and oxygen atoms in total. The SMILES string of the molecule is Cc1ccc(CC2CCN(N)CC2)cc1. The van der Waals surface area contributed by atoms with E-state index >= 15 is 0 Å². The fourth-order valence-corrected chi connectivity index (χ4v) is 2.21. The maximum absolute atomic E-state index is 5.74. The second kappa shape index (κ2) is 4.77. The lowest BCUT2D eigenvalue weighted by atomic mass is 9.90. The van der Waals surface area contributed by atoms with E-state index in [-0.39, 0.29) is 0 Å². The van der Waals surface area contributed by atoms with E-state index in [9.17, 15) is 0 Å². The van der Waals surface area contributed by atoms with Crippen molar-refractivity contribution < 1.29 is 0 Å². The van der Waals surface area contributed by atoms with Crippen LogP contribution in [0.3, 0.4) is 0 Å². The lowest BCUT2D eigenvalue weighted by Crippen LogP contribution is -2.39. The van der Waals surface area contributed by atoms with Crippen LogP contribution in [0.4, 0.5) is 0 Å². The summed E-state index contributed by atoms with van der Waals surface area (Å²) in [7, 11) is 0. The highest BCUT2D eigenvalue weighted by molar-refractivity contribution is 5.21. The van der Waals surface area contributed by atoms with Gasteiger partial charge in [0.1, 0.15) is 0 Å². The van der Waals surface area contributed by atoms with Gasteiger partial charge >= 0.3 is 0 Å². The minimum atomic E-state index is 0.826. The molecule has 2 N–H and O–H groups in total. The number of piperidine rings is 1. The third kappa shape index (κ3) is 3.05. The van der Waals surface area contributed by atoms with Crippen LogP contribution < -0.4 is 5.84 Å². The zero-order valence-electron chi connectivity index (χ0n) is 9.45. The van der Waals surface area contributed by atoms with Crippen molar-refractivity contribution in [2.45, 2.75) is 26.2 Å². The summed E-state index contributed by atoms with van der Waals surface area (Å²) in [4.78, 5) is 0. The predicted molar refractivity (Wildman–Crippen MR) is 63.4 cm³/mol. The fraction of sp³-hybridized carbons (Fsp3) is 0.538. The summed E-state index contributed by atoms with van der Waals surface area (Å²) in [5.74, 6) is 6.57. The zero-order chi connectivity index (χ0) is 10.7.